The molecule has 9 heteroatoms. The average Bonchev–Trinajstić information content (AvgIpc) is 3.54. The number of aromatic nitrogens is 4. The standard InChI is InChI=1S/C25H24FN5OS.BrH/c1-29-14-20(18-3-2-6-27-24(18)29)22-16-33-25(28-22)21-15-31(8-7-30-9-11-32-12-10-30)23-5-4-17(26)13-19(21)23;/h2-6,13-16H,7-12H2,1H3;1H. The Morgan fingerprint density at radius 1 is 1.06 bits per heavy atom. The fraction of sp³-hybridized carbons (Fsp3) is 0.280. The van der Waals surface area contributed by atoms with Crippen molar-refractivity contribution >= 4 is 50.3 Å². The van der Waals surface area contributed by atoms with Crippen LogP contribution in [0.2, 0.25) is 0 Å². The molecule has 0 spiro atoms. The molecule has 5 heterocycles. The van der Waals surface area contributed by atoms with Crippen molar-refractivity contribution in [3.05, 3.63) is 60.1 Å². The number of halogens is 2. The molecule has 0 aliphatic carbocycles. The Bertz CT molecular complexity index is 1450. The Morgan fingerprint density at radius 3 is 2.76 bits per heavy atom. The monoisotopic (exact) mass is 541 g/mol. The van der Waals surface area contributed by atoms with E-state index < -0.39 is 0 Å². The lowest BCUT2D eigenvalue weighted by atomic mass is 10.1. The molecule has 0 unspecified atom stereocenters. The molecule has 4 aromatic heterocycles. The number of hydrogen-bond acceptors (Lipinski definition) is 5. The van der Waals surface area contributed by atoms with Crippen LogP contribution >= 0.6 is 28.3 Å². The van der Waals surface area contributed by atoms with Crippen molar-refractivity contribution in [3.8, 4) is 21.8 Å². The predicted octanol–water partition coefficient (Wildman–Crippen LogP) is 5.37. The lowest BCUT2D eigenvalue weighted by molar-refractivity contribution is 0.0365. The van der Waals surface area contributed by atoms with Gasteiger partial charge in [-0.1, -0.05) is 0 Å². The van der Waals surface area contributed by atoms with Crippen molar-refractivity contribution in [1.29, 1.82) is 0 Å². The fourth-order valence-corrected chi connectivity index (χ4v) is 5.48. The normalized spacial score (nSPS) is 14.6. The van der Waals surface area contributed by atoms with E-state index in [-0.39, 0.29) is 22.8 Å². The van der Waals surface area contributed by atoms with Crippen LogP contribution < -0.4 is 0 Å². The molecule has 6 nitrogen and oxygen atoms in total. The number of benzene rings is 1. The smallest absolute Gasteiger partial charge is 0.140 e. The maximum absolute atomic E-state index is 14.2. The van der Waals surface area contributed by atoms with Gasteiger partial charge >= 0.3 is 0 Å². The Hall–Kier alpha value is -2.59. The molecule has 0 radical (unpaired) electrons. The van der Waals surface area contributed by atoms with Crippen LogP contribution in [0, 0.1) is 5.82 Å². The Morgan fingerprint density at radius 2 is 1.91 bits per heavy atom. The lowest BCUT2D eigenvalue weighted by Crippen LogP contribution is -2.38. The second-order valence-electron chi connectivity index (χ2n) is 8.42. The summed E-state index contributed by atoms with van der Waals surface area (Å²) in [6.45, 7) is 5.27. The molecule has 1 fully saturated rings. The molecule has 1 aromatic carbocycles. The first-order valence-electron chi connectivity index (χ1n) is 11.1. The van der Waals surface area contributed by atoms with Crippen LogP contribution in [0.4, 0.5) is 4.39 Å². The van der Waals surface area contributed by atoms with Gasteiger partial charge in [0.15, 0.2) is 0 Å². The van der Waals surface area contributed by atoms with Gasteiger partial charge in [0.2, 0.25) is 0 Å². The number of thiazole rings is 1. The summed E-state index contributed by atoms with van der Waals surface area (Å²) >= 11 is 1.59. The molecule has 5 aromatic rings. The summed E-state index contributed by atoms with van der Waals surface area (Å²) in [6, 6.07) is 9.05. The minimum absolute atomic E-state index is 0. The Kier molecular flexibility index (Phi) is 6.52. The zero-order valence-corrected chi connectivity index (χ0v) is 21.3. The predicted molar refractivity (Wildman–Crippen MR) is 140 cm³/mol. The van der Waals surface area contributed by atoms with Crippen molar-refractivity contribution in [2.75, 3.05) is 32.8 Å². The summed E-state index contributed by atoms with van der Waals surface area (Å²) in [7, 11) is 2.00. The molecule has 1 saturated heterocycles. The van der Waals surface area contributed by atoms with Crippen LogP contribution in [0.25, 0.3) is 43.8 Å². The number of hydrogen-bond donors (Lipinski definition) is 0. The highest BCUT2D eigenvalue weighted by Crippen LogP contribution is 2.37. The third-order valence-corrected chi connectivity index (χ3v) is 7.22. The molecule has 1 aliphatic heterocycles. The summed E-state index contributed by atoms with van der Waals surface area (Å²) in [5, 5.41) is 4.95. The molecular formula is C25H25BrFN5OS. The average molecular weight is 542 g/mol. The Balaban J connectivity index is 0.00000241. The van der Waals surface area contributed by atoms with Gasteiger partial charge in [-0.05, 0) is 30.3 Å². The molecule has 1 aliphatic rings. The quantitative estimate of drug-likeness (QED) is 0.300. The summed E-state index contributed by atoms with van der Waals surface area (Å²) in [5.41, 5.74) is 4.92. The highest BCUT2D eigenvalue weighted by Gasteiger charge is 2.18. The third kappa shape index (κ3) is 4.17. The highest BCUT2D eigenvalue weighted by atomic mass is 79.9. The maximum Gasteiger partial charge on any atom is 0.140 e. The van der Waals surface area contributed by atoms with E-state index in [1.807, 2.05) is 23.7 Å². The molecule has 176 valence electrons. The Labute approximate surface area is 211 Å². The first kappa shape index (κ1) is 23.2. The molecular weight excluding hydrogens is 517 g/mol. The molecule has 0 bridgehead atoms. The van der Waals surface area contributed by atoms with Crippen molar-refractivity contribution in [2.24, 2.45) is 7.05 Å². The van der Waals surface area contributed by atoms with E-state index in [9.17, 15) is 4.39 Å². The SMILES string of the molecule is Br.Cn1cc(-c2csc(-c3cn(CCN4CCOCC4)c4ccc(F)cc34)n2)c2cccnc21. The van der Waals surface area contributed by atoms with Gasteiger partial charge in [-0.3, -0.25) is 4.90 Å². The van der Waals surface area contributed by atoms with Crippen LogP contribution in [0.5, 0.6) is 0 Å². The number of morpholine rings is 1. The first-order chi connectivity index (χ1) is 16.2. The summed E-state index contributed by atoms with van der Waals surface area (Å²) in [4.78, 5) is 11.9. The van der Waals surface area contributed by atoms with E-state index in [4.69, 9.17) is 9.72 Å². The van der Waals surface area contributed by atoms with E-state index in [0.717, 1.165) is 83.2 Å². The van der Waals surface area contributed by atoms with E-state index >= 15 is 0 Å². The minimum Gasteiger partial charge on any atom is -0.379 e. The zero-order valence-electron chi connectivity index (χ0n) is 18.8. The van der Waals surface area contributed by atoms with E-state index in [1.54, 1.807) is 23.6 Å². The number of pyridine rings is 1. The third-order valence-electron chi connectivity index (χ3n) is 6.35. The van der Waals surface area contributed by atoms with E-state index in [1.165, 1.54) is 6.07 Å². The second kappa shape index (κ2) is 9.58. The number of fused-ring (bicyclic) bond motifs is 2. The first-order valence-corrected chi connectivity index (χ1v) is 12.0. The molecule has 0 atom stereocenters. The largest absolute Gasteiger partial charge is 0.379 e. The summed E-state index contributed by atoms with van der Waals surface area (Å²) in [6.07, 6.45) is 6.00. The van der Waals surface area contributed by atoms with Crippen molar-refractivity contribution in [3.63, 3.8) is 0 Å². The molecule has 0 amide bonds. The van der Waals surface area contributed by atoms with Crippen LogP contribution in [0.3, 0.4) is 0 Å². The van der Waals surface area contributed by atoms with Crippen molar-refractivity contribution in [1.82, 2.24) is 24.0 Å². The van der Waals surface area contributed by atoms with Gasteiger partial charge in [0.25, 0.3) is 0 Å². The number of rotatable bonds is 5. The lowest BCUT2D eigenvalue weighted by Gasteiger charge is -2.26. The van der Waals surface area contributed by atoms with E-state index in [2.05, 4.69) is 38.3 Å². The minimum atomic E-state index is -0.230. The van der Waals surface area contributed by atoms with Crippen LogP contribution in [-0.2, 0) is 18.3 Å². The van der Waals surface area contributed by atoms with Crippen LogP contribution in [-0.4, -0.2) is 56.9 Å². The van der Waals surface area contributed by atoms with Gasteiger partial charge in [0.05, 0.1) is 18.9 Å². The molecule has 0 N–H and O–H groups in total. The second-order valence-corrected chi connectivity index (χ2v) is 9.28. The maximum atomic E-state index is 14.2. The van der Waals surface area contributed by atoms with Crippen molar-refractivity contribution < 1.29 is 9.13 Å². The highest BCUT2D eigenvalue weighted by molar-refractivity contribution is 8.93. The molecule has 0 saturated carbocycles. The van der Waals surface area contributed by atoms with Gasteiger partial charge in [-0.2, -0.15) is 0 Å². The van der Waals surface area contributed by atoms with Gasteiger partial charge in [-0.15, -0.1) is 28.3 Å². The fourth-order valence-electron chi connectivity index (χ4n) is 4.64. The van der Waals surface area contributed by atoms with Crippen LogP contribution in [0.15, 0.2) is 54.3 Å². The number of ether oxygens (including phenoxy) is 1. The van der Waals surface area contributed by atoms with Gasteiger partial charge in [-0.25, -0.2) is 14.4 Å². The molecule has 34 heavy (non-hydrogen) atoms. The zero-order chi connectivity index (χ0) is 22.4. The van der Waals surface area contributed by atoms with Crippen molar-refractivity contribution in [2.45, 2.75) is 6.54 Å². The summed E-state index contributed by atoms with van der Waals surface area (Å²) in [5.74, 6) is -0.230. The number of nitrogens with zero attached hydrogens (tertiary/aromatic N) is 5. The topological polar surface area (TPSA) is 48.1 Å². The van der Waals surface area contributed by atoms with Gasteiger partial charge < -0.3 is 13.9 Å². The van der Waals surface area contributed by atoms with Gasteiger partial charge in [0, 0.05) is 84.6 Å². The number of aryl methyl sites for hydroxylation is 1. The van der Waals surface area contributed by atoms with Crippen LogP contribution in [0.1, 0.15) is 0 Å². The molecule has 6 rings (SSSR count). The van der Waals surface area contributed by atoms with E-state index in [0.29, 0.717) is 0 Å². The van der Waals surface area contributed by atoms with Gasteiger partial charge in [0.1, 0.15) is 16.5 Å². The summed E-state index contributed by atoms with van der Waals surface area (Å²) < 4.78 is 23.9.